The Morgan fingerprint density at radius 1 is 1.24 bits per heavy atom. The third-order valence-corrected chi connectivity index (χ3v) is 3.37. The van der Waals surface area contributed by atoms with Gasteiger partial charge >= 0.3 is 5.76 Å². The number of nitrogens with zero attached hydrogens (tertiary/aromatic N) is 2. The molecule has 3 aromatic rings. The molecule has 0 saturated carbocycles. The highest BCUT2D eigenvalue weighted by atomic mass is 19.1. The van der Waals surface area contributed by atoms with Crippen molar-refractivity contribution in [1.82, 2.24) is 4.57 Å². The number of hydrogen-bond donors (Lipinski definition) is 1. The number of anilines is 1. The number of aromatic nitrogens is 1. The van der Waals surface area contributed by atoms with E-state index in [4.69, 9.17) is 4.42 Å². The lowest BCUT2D eigenvalue weighted by molar-refractivity contribution is -0.384. The minimum atomic E-state index is -0.978. The van der Waals surface area contributed by atoms with Crippen LogP contribution in [0.3, 0.4) is 0 Å². The fourth-order valence-corrected chi connectivity index (χ4v) is 2.24. The standard InChI is InChI=1S/C15H9F2N3O5/c16-8-1-3-11(10(17)5-8)18-14(21)7-19-12-6-9(20(23)24)2-4-13(12)25-15(19)22/h1-6H,7H2,(H,18,21). The molecule has 0 bridgehead atoms. The minimum Gasteiger partial charge on any atom is -0.408 e. The zero-order valence-electron chi connectivity index (χ0n) is 12.4. The molecule has 0 saturated heterocycles. The number of non-ortho nitro benzene ring substituents is 1. The normalized spacial score (nSPS) is 10.8. The van der Waals surface area contributed by atoms with Gasteiger partial charge in [0.05, 0.1) is 16.1 Å². The fourth-order valence-electron chi connectivity index (χ4n) is 2.24. The number of amides is 1. The Balaban J connectivity index is 1.90. The summed E-state index contributed by atoms with van der Waals surface area (Å²) < 4.78 is 32.2. The molecule has 0 aliphatic carbocycles. The van der Waals surface area contributed by atoms with E-state index >= 15 is 0 Å². The van der Waals surface area contributed by atoms with Gasteiger partial charge in [-0.3, -0.25) is 19.5 Å². The smallest absolute Gasteiger partial charge is 0.408 e. The average Bonchev–Trinajstić information content (AvgIpc) is 2.85. The minimum absolute atomic E-state index is 0.0499. The molecule has 0 aliphatic rings. The number of benzene rings is 2. The van der Waals surface area contributed by atoms with Gasteiger partial charge in [0, 0.05) is 18.2 Å². The number of carbonyl (C=O) groups is 1. The molecule has 8 nitrogen and oxygen atoms in total. The number of rotatable bonds is 4. The Morgan fingerprint density at radius 2 is 2.00 bits per heavy atom. The van der Waals surface area contributed by atoms with Gasteiger partial charge in [-0.25, -0.2) is 13.6 Å². The van der Waals surface area contributed by atoms with Crippen molar-refractivity contribution in [3.8, 4) is 0 Å². The van der Waals surface area contributed by atoms with Crippen LogP contribution in [0.1, 0.15) is 0 Å². The SMILES string of the molecule is O=C(Cn1c(=O)oc2ccc([N+](=O)[O-])cc21)Nc1ccc(F)cc1F. The molecule has 1 aromatic heterocycles. The topological polar surface area (TPSA) is 107 Å². The summed E-state index contributed by atoms with van der Waals surface area (Å²) in [6.07, 6.45) is 0. The third-order valence-electron chi connectivity index (χ3n) is 3.37. The average molecular weight is 349 g/mol. The van der Waals surface area contributed by atoms with Crippen LogP contribution < -0.4 is 11.1 Å². The summed E-state index contributed by atoms with van der Waals surface area (Å²) in [6, 6.07) is 6.07. The largest absolute Gasteiger partial charge is 0.420 e. The molecular formula is C15H9F2N3O5. The van der Waals surface area contributed by atoms with Crippen LogP contribution in [0.4, 0.5) is 20.2 Å². The molecule has 25 heavy (non-hydrogen) atoms. The van der Waals surface area contributed by atoms with E-state index in [1.807, 2.05) is 0 Å². The van der Waals surface area contributed by atoms with Gasteiger partial charge in [0.15, 0.2) is 5.58 Å². The molecular weight excluding hydrogens is 340 g/mol. The Hall–Kier alpha value is -3.56. The first kappa shape index (κ1) is 16.3. The molecule has 3 rings (SSSR count). The quantitative estimate of drug-likeness (QED) is 0.575. The maximum atomic E-state index is 13.5. The second-order valence-corrected chi connectivity index (χ2v) is 5.04. The number of oxazole rings is 1. The second kappa shape index (κ2) is 6.15. The summed E-state index contributed by atoms with van der Waals surface area (Å²) >= 11 is 0. The molecule has 0 radical (unpaired) electrons. The van der Waals surface area contributed by atoms with E-state index in [1.165, 1.54) is 6.07 Å². The summed E-state index contributed by atoms with van der Waals surface area (Å²) in [6.45, 7) is -0.566. The van der Waals surface area contributed by atoms with E-state index in [0.29, 0.717) is 6.07 Å². The molecule has 0 spiro atoms. The van der Waals surface area contributed by atoms with E-state index in [1.54, 1.807) is 0 Å². The van der Waals surface area contributed by atoms with Gasteiger partial charge in [-0.05, 0) is 18.2 Å². The molecule has 2 aromatic carbocycles. The van der Waals surface area contributed by atoms with Gasteiger partial charge in [-0.15, -0.1) is 0 Å². The Labute approximate surface area is 137 Å². The molecule has 0 fully saturated rings. The van der Waals surface area contributed by atoms with Crippen LogP contribution in [0.2, 0.25) is 0 Å². The highest BCUT2D eigenvalue weighted by Gasteiger charge is 2.17. The number of halogens is 2. The van der Waals surface area contributed by atoms with Crippen molar-refractivity contribution < 1.29 is 22.9 Å². The lowest BCUT2D eigenvalue weighted by Gasteiger charge is -2.06. The van der Waals surface area contributed by atoms with E-state index in [2.05, 4.69) is 5.32 Å². The van der Waals surface area contributed by atoms with Crippen LogP contribution in [0, 0.1) is 21.7 Å². The van der Waals surface area contributed by atoms with Crippen LogP contribution in [0.15, 0.2) is 45.6 Å². The van der Waals surface area contributed by atoms with Gasteiger partial charge in [0.2, 0.25) is 5.91 Å². The molecule has 0 aliphatic heterocycles. The number of hydrogen-bond acceptors (Lipinski definition) is 5. The maximum Gasteiger partial charge on any atom is 0.420 e. The zero-order chi connectivity index (χ0) is 18.1. The van der Waals surface area contributed by atoms with Crippen molar-refractivity contribution in [3.63, 3.8) is 0 Å². The zero-order valence-corrected chi connectivity index (χ0v) is 12.4. The van der Waals surface area contributed by atoms with Crippen LogP contribution in [-0.2, 0) is 11.3 Å². The number of nitro benzene ring substituents is 1. The van der Waals surface area contributed by atoms with Gasteiger partial charge in [0.1, 0.15) is 18.2 Å². The van der Waals surface area contributed by atoms with Crippen molar-refractivity contribution in [2.24, 2.45) is 0 Å². The van der Waals surface area contributed by atoms with Crippen LogP contribution >= 0.6 is 0 Å². The lowest BCUT2D eigenvalue weighted by atomic mass is 10.3. The lowest BCUT2D eigenvalue weighted by Crippen LogP contribution is -2.25. The summed E-state index contributed by atoms with van der Waals surface area (Å²) in [5.74, 6) is -3.47. The summed E-state index contributed by atoms with van der Waals surface area (Å²) in [5.41, 5.74) is -0.435. The third kappa shape index (κ3) is 3.22. The Kier molecular flexibility index (Phi) is 4.01. The molecule has 1 heterocycles. The summed E-state index contributed by atoms with van der Waals surface area (Å²) in [5, 5.41) is 13.0. The number of nitro groups is 1. The van der Waals surface area contributed by atoms with Gasteiger partial charge in [-0.1, -0.05) is 0 Å². The van der Waals surface area contributed by atoms with Gasteiger partial charge in [0.25, 0.3) is 5.69 Å². The Bertz CT molecular complexity index is 1060. The predicted octanol–water partition coefficient (Wildman–Crippen LogP) is 2.42. The van der Waals surface area contributed by atoms with Crippen molar-refractivity contribution in [3.05, 3.63) is 68.7 Å². The van der Waals surface area contributed by atoms with Crippen molar-refractivity contribution in [1.29, 1.82) is 0 Å². The second-order valence-electron chi connectivity index (χ2n) is 5.04. The summed E-state index contributed by atoms with van der Waals surface area (Å²) in [4.78, 5) is 34.0. The van der Waals surface area contributed by atoms with E-state index in [9.17, 15) is 28.5 Å². The molecule has 0 unspecified atom stereocenters. The number of fused-ring (bicyclic) bond motifs is 1. The molecule has 1 amide bonds. The highest BCUT2D eigenvalue weighted by molar-refractivity contribution is 5.91. The Morgan fingerprint density at radius 3 is 2.68 bits per heavy atom. The maximum absolute atomic E-state index is 13.5. The molecule has 128 valence electrons. The van der Waals surface area contributed by atoms with Crippen molar-refractivity contribution in [2.45, 2.75) is 6.54 Å². The van der Waals surface area contributed by atoms with E-state index in [0.717, 1.165) is 28.8 Å². The molecule has 0 atom stereocenters. The monoisotopic (exact) mass is 349 g/mol. The van der Waals surface area contributed by atoms with Gasteiger partial charge < -0.3 is 9.73 Å². The van der Waals surface area contributed by atoms with E-state index in [-0.39, 0.29) is 22.5 Å². The van der Waals surface area contributed by atoms with Crippen LogP contribution in [0.25, 0.3) is 11.1 Å². The molecule has 10 heteroatoms. The summed E-state index contributed by atoms with van der Waals surface area (Å²) in [7, 11) is 0. The predicted molar refractivity (Wildman–Crippen MR) is 82.1 cm³/mol. The van der Waals surface area contributed by atoms with Crippen molar-refractivity contribution >= 4 is 28.4 Å². The van der Waals surface area contributed by atoms with Crippen molar-refractivity contribution in [2.75, 3.05) is 5.32 Å². The van der Waals surface area contributed by atoms with Crippen LogP contribution in [-0.4, -0.2) is 15.4 Å². The number of carbonyl (C=O) groups excluding carboxylic acids is 1. The highest BCUT2D eigenvalue weighted by Crippen LogP contribution is 2.20. The van der Waals surface area contributed by atoms with Gasteiger partial charge in [-0.2, -0.15) is 0 Å². The van der Waals surface area contributed by atoms with E-state index < -0.39 is 34.8 Å². The fraction of sp³-hybridized carbons (Fsp3) is 0.0667. The first-order valence-electron chi connectivity index (χ1n) is 6.88. The molecule has 1 N–H and O–H groups in total. The first-order valence-corrected chi connectivity index (χ1v) is 6.88. The first-order chi connectivity index (χ1) is 11.8. The van der Waals surface area contributed by atoms with Crippen LogP contribution in [0.5, 0.6) is 0 Å². The number of nitrogens with one attached hydrogen (secondary N) is 1.